The van der Waals surface area contributed by atoms with E-state index in [4.69, 9.17) is 49.0 Å². The number of alkyl halides is 3. The van der Waals surface area contributed by atoms with E-state index >= 15 is 0 Å². The zero-order valence-electron chi connectivity index (χ0n) is 18.4. The van der Waals surface area contributed by atoms with Crippen LogP contribution in [0.1, 0.15) is 46.5 Å². The molecule has 0 saturated heterocycles. The lowest BCUT2D eigenvalue weighted by atomic mass is 9.90. The second kappa shape index (κ2) is 12.7. The van der Waals surface area contributed by atoms with Crippen molar-refractivity contribution in [2.75, 3.05) is 20.3 Å². The van der Waals surface area contributed by atoms with E-state index in [0.29, 0.717) is 6.42 Å². The maximum Gasteiger partial charge on any atom is 0.384 e. The SMILES string of the molecule is CCCCOC(=O)C(O)C[C@H]1C[C@@](C)(C(=O)N[C@H](C)C(=O)OC)N=C(OCC(Cl)(Cl)Cl)O1. The van der Waals surface area contributed by atoms with Gasteiger partial charge in [0.1, 0.15) is 24.3 Å². The topological polar surface area (TPSA) is 133 Å². The lowest BCUT2D eigenvalue weighted by molar-refractivity contribution is -0.155. The molecule has 0 aliphatic carbocycles. The normalized spacial score (nSPS) is 22.6. The molecule has 2 N–H and O–H groups in total. The molecule has 0 radical (unpaired) electrons. The van der Waals surface area contributed by atoms with Crippen molar-refractivity contribution in [3.05, 3.63) is 0 Å². The van der Waals surface area contributed by atoms with Gasteiger partial charge in [-0.25, -0.2) is 14.6 Å². The molecule has 1 aliphatic rings. The number of aliphatic imine (C=N–C) groups is 1. The first-order valence-electron chi connectivity index (χ1n) is 10.0. The minimum absolute atomic E-state index is 0.0351. The Morgan fingerprint density at radius 2 is 2.00 bits per heavy atom. The van der Waals surface area contributed by atoms with Gasteiger partial charge in [-0.2, -0.15) is 0 Å². The molecule has 13 heteroatoms. The molecular weight excluding hydrogens is 491 g/mol. The molecule has 0 saturated carbocycles. The molecule has 0 aromatic heterocycles. The third kappa shape index (κ3) is 9.56. The number of nitrogens with one attached hydrogen (secondary N) is 1. The number of carbonyl (C=O) groups is 3. The van der Waals surface area contributed by atoms with E-state index < -0.39 is 52.0 Å². The van der Waals surface area contributed by atoms with Crippen LogP contribution in [-0.2, 0) is 33.3 Å². The summed E-state index contributed by atoms with van der Waals surface area (Å²) in [5.74, 6) is -2.08. The highest BCUT2D eigenvalue weighted by molar-refractivity contribution is 6.67. The summed E-state index contributed by atoms with van der Waals surface area (Å²) < 4.78 is 18.7. The molecule has 1 aliphatic heterocycles. The second-order valence-electron chi connectivity index (χ2n) is 7.49. The number of unbranched alkanes of at least 4 members (excludes halogenated alkanes) is 1. The van der Waals surface area contributed by atoms with Crippen LogP contribution in [0.2, 0.25) is 0 Å². The molecule has 32 heavy (non-hydrogen) atoms. The zero-order chi connectivity index (χ0) is 24.5. The molecule has 0 aromatic carbocycles. The number of hydrogen-bond acceptors (Lipinski definition) is 9. The molecule has 4 atom stereocenters. The Morgan fingerprint density at radius 3 is 2.56 bits per heavy atom. The van der Waals surface area contributed by atoms with Crippen LogP contribution in [0.4, 0.5) is 0 Å². The van der Waals surface area contributed by atoms with Crippen molar-refractivity contribution in [1.29, 1.82) is 0 Å². The summed E-state index contributed by atoms with van der Waals surface area (Å²) in [5, 5.41) is 12.7. The zero-order valence-corrected chi connectivity index (χ0v) is 20.6. The Balaban J connectivity index is 2.97. The summed E-state index contributed by atoms with van der Waals surface area (Å²) in [7, 11) is 1.19. The number of nitrogens with zero attached hydrogens (tertiary/aromatic N) is 1. The Morgan fingerprint density at radius 1 is 1.34 bits per heavy atom. The summed E-state index contributed by atoms with van der Waals surface area (Å²) >= 11 is 17.1. The number of methoxy groups -OCH3 is 1. The molecule has 184 valence electrons. The van der Waals surface area contributed by atoms with Gasteiger partial charge in [0, 0.05) is 12.8 Å². The van der Waals surface area contributed by atoms with Crippen LogP contribution < -0.4 is 5.32 Å². The van der Waals surface area contributed by atoms with Crippen LogP contribution in [0.3, 0.4) is 0 Å². The lowest BCUT2D eigenvalue weighted by Gasteiger charge is -2.35. The van der Waals surface area contributed by atoms with Crippen molar-refractivity contribution in [1.82, 2.24) is 5.32 Å². The van der Waals surface area contributed by atoms with Crippen LogP contribution in [0.15, 0.2) is 4.99 Å². The fourth-order valence-corrected chi connectivity index (χ4v) is 2.90. The van der Waals surface area contributed by atoms with Crippen molar-refractivity contribution < 1.29 is 38.4 Å². The highest BCUT2D eigenvalue weighted by Gasteiger charge is 2.44. The van der Waals surface area contributed by atoms with Gasteiger partial charge in [0.15, 0.2) is 6.10 Å². The minimum atomic E-state index is -1.78. The number of aliphatic hydroxyl groups is 1. The van der Waals surface area contributed by atoms with E-state index in [2.05, 4.69) is 15.0 Å². The molecule has 1 rings (SSSR count). The molecular formula is C19H29Cl3N2O8. The average molecular weight is 520 g/mol. The third-order valence-corrected chi connectivity index (χ3v) is 4.81. The standard InChI is InChI=1S/C19H29Cl3N2O8/c1-5-6-7-30-15(27)13(25)8-12-9-18(3,16(28)23-11(2)14(26)29-4)24-17(32-12)31-10-19(20,21)22/h11-13,25H,5-10H2,1-4H3,(H,23,28)/t11-,12+,13?,18+/m1/s1. The minimum Gasteiger partial charge on any atom is -0.467 e. The van der Waals surface area contributed by atoms with Gasteiger partial charge >= 0.3 is 18.0 Å². The number of rotatable bonds is 10. The fraction of sp³-hybridized carbons (Fsp3) is 0.789. The number of esters is 2. The van der Waals surface area contributed by atoms with E-state index in [1.54, 1.807) is 0 Å². The number of amides is 1. The predicted molar refractivity (Wildman–Crippen MR) is 118 cm³/mol. The molecule has 0 spiro atoms. The van der Waals surface area contributed by atoms with Gasteiger partial charge in [-0.3, -0.25) is 4.79 Å². The van der Waals surface area contributed by atoms with E-state index in [-0.39, 0.29) is 25.5 Å². The van der Waals surface area contributed by atoms with Crippen molar-refractivity contribution in [2.45, 2.75) is 74.0 Å². The first-order valence-corrected chi connectivity index (χ1v) is 11.1. The smallest absolute Gasteiger partial charge is 0.384 e. The van der Waals surface area contributed by atoms with Crippen molar-refractivity contribution in [3.8, 4) is 0 Å². The molecule has 10 nitrogen and oxygen atoms in total. The van der Waals surface area contributed by atoms with Crippen molar-refractivity contribution in [3.63, 3.8) is 0 Å². The van der Waals surface area contributed by atoms with Gasteiger partial charge in [-0.1, -0.05) is 48.1 Å². The van der Waals surface area contributed by atoms with Crippen LogP contribution >= 0.6 is 34.8 Å². The number of ether oxygens (including phenoxy) is 4. The van der Waals surface area contributed by atoms with Gasteiger partial charge in [0.05, 0.1) is 13.7 Å². The third-order valence-electron chi connectivity index (χ3n) is 4.48. The molecule has 0 aromatic rings. The van der Waals surface area contributed by atoms with Crippen LogP contribution in [-0.4, -0.2) is 76.9 Å². The Kier molecular flexibility index (Phi) is 11.3. The number of carbonyl (C=O) groups excluding carboxylic acids is 3. The van der Waals surface area contributed by atoms with Gasteiger partial charge in [-0.15, -0.1) is 0 Å². The average Bonchev–Trinajstić information content (AvgIpc) is 2.70. The highest BCUT2D eigenvalue weighted by Crippen LogP contribution is 2.30. The maximum atomic E-state index is 12.9. The largest absolute Gasteiger partial charge is 0.467 e. The first-order chi connectivity index (χ1) is 14.8. The quantitative estimate of drug-likeness (QED) is 0.255. The Hall–Kier alpha value is -1.49. The number of aliphatic hydroxyl groups excluding tert-OH is 1. The van der Waals surface area contributed by atoms with E-state index in [1.165, 1.54) is 21.0 Å². The van der Waals surface area contributed by atoms with Crippen LogP contribution in [0.5, 0.6) is 0 Å². The van der Waals surface area contributed by atoms with Crippen LogP contribution in [0, 0.1) is 0 Å². The first kappa shape index (κ1) is 28.5. The molecule has 0 fully saturated rings. The van der Waals surface area contributed by atoms with Crippen LogP contribution in [0.25, 0.3) is 0 Å². The van der Waals surface area contributed by atoms with Gasteiger partial charge in [0.25, 0.3) is 0 Å². The predicted octanol–water partition coefficient (Wildman–Crippen LogP) is 2.05. The van der Waals surface area contributed by atoms with Crippen molar-refractivity contribution >= 4 is 58.7 Å². The van der Waals surface area contributed by atoms with Crippen molar-refractivity contribution in [2.24, 2.45) is 4.99 Å². The molecule has 1 heterocycles. The van der Waals surface area contributed by atoms with E-state index in [1.807, 2.05) is 6.92 Å². The summed E-state index contributed by atoms with van der Waals surface area (Å²) in [6.07, 6.45) is -1.46. The molecule has 1 unspecified atom stereocenters. The van der Waals surface area contributed by atoms with E-state index in [0.717, 1.165) is 6.42 Å². The maximum absolute atomic E-state index is 12.9. The highest BCUT2D eigenvalue weighted by atomic mass is 35.6. The fourth-order valence-electron chi connectivity index (χ4n) is 2.73. The summed E-state index contributed by atoms with van der Waals surface area (Å²) in [6, 6.07) is -0.939. The lowest BCUT2D eigenvalue weighted by Crippen LogP contribution is -2.53. The monoisotopic (exact) mass is 518 g/mol. The summed E-state index contributed by atoms with van der Waals surface area (Å²) in [5.41, 5.74) is -1.47. The summed E-state index contributed by atoms with van der Waals surface area (Å²) in [4.78, 5) is 40.7. The van der Waals surface area contributed by atoms with E-state index in [9.17, 15) is 19.5 Å². The Bertz CT molecular complexity index is 701. The number of halogens is 3. The second-order valence-corrected chi connectivity index (χ2v) is 10.0. The molecule has 0 bridgehead atoms. The van der Waals surface area contributed by atoms with Gasteiger partial charge in [-0.05, 0) is 20.3 Å². The number of hydrogen-bond donors (Lipinski definition) is 2. The Labute approximate surface area is 201 Å². The molecule has 1 amide bonds. The summed E-state index contributed by atoms with van der Waals surface area (Å²) in [6.45, 7) is 4.62. The van der Waals surface area contributed by atoms with Gasteiger partial charge in [0.2, 0.25) is 9.70 Å². The van der Waals surface area contributed by atoms with Gasteiger partial charge < -0.3 is 29.4 Å².